The highest BCUT2D eigenvalue weighted by Gasteiger charge is 2.65. The van der Waals surface area contributed by atoms with Crippen LogP contribution in [-0.2, 0) is 11.2 Å². The van der Waals surface area contributed by atoms with Gasteiger partial charge in [-0.2, -0.15) is 0 Å². The number of carbonyl (C=O) groups excluding carboxylic acids is 1. The van der Waals surface area contributed by atoms with E-state index in [0.717, 1.165) is 83.7 Å². The van der Waals surface area contributed by atoms with Crippen LogP contribution in [0.25, 0.3) is 0 Å². The van der Waals surface area contributed by atoms with Gasteiger partial charge in [0.25, 0.3) is 0 Å². The fourth-order valence-corrected chi connectivity index (χ4v) is 11.2. The molecular weight excluding hydrogens is 510 g/mol. The summed E-state index contributed by atoms with van der Waals surface area (Å²) in [6.07, 6.45) is 10.3. The Morgan fingerprint density at radius 2 is 1.68 bits per heavy atom. The van der Waals surface area contributed by atoms with Gasteiger partial charge in [-0.1, -0.05) is 51.1 Å². The zero-order chi connectivity index (χ0) is 28.9. The second kappa shape index (κ2) is 11.6. The van der Waals surface area contributed by atoms with E-state index in [-0.39, 0.29) is 35.1 Å². The first-order valence-electron chi connectivity index (χ1n) is 17.0. The number of aliphatic hydroxyl groups is 3. The fourth-order valence-electron chi connectivity index (χ4n) is 11.2. The molecule has 41 heavy (non-hydrogen) atoms. The van der Waals surface area contributed by atoms with Crippen LogP contribution in [0.2, 0.25) is 0 Å². The molecule has 228 valence electrons. The number of hydrogen-bond acceptors (Lipinski definition) is 4. The first-order valence-corrected chi connectivity index (χ1v) is 17.0. The first kappa shape index (κ1) is 29.6. The lowest BCUT2D eigenvalue weighted by Gasteiger charge is -2.63. The molecule has 1 amide bonds. The van der Waals surface area contributed by atoms with Crippen molar-refractivity contribution in [1.82, 2.24) is 4.90 Å². The molecule has 0 radical (unpaired) electrons. The van der Waals surface area contributed by atoms with Crippen LogP contribution in [0.1, 0.15) is 97.0 Å². The Bertz CT molecular complexity index is 1050. The van der Waals surface area contributed by atoms with Crippen molar-refractivity contribution in [2.45, 2.75) is 116 Å². The summed E-state index contributed by atoms with van der Waals surface area (Å²) in [6, 6.07) is 10.7. The molecule has 3 N–H and O–H groups in total. The quantitative estimate of drug-likeness (QED) is 0.405. The molecule has 4 aliphatic carbocycles. The molecule has 11 atom stereocenters. The van der Waals surface area contributed by atoms with E-state index in [0.29, 0.717) is 47.8 Å². The molecule has 0 unspecified atom stereocenters. The van der Waals surface area contributed by atoms with E-state index in [4.69, 9.17) is 0 Å². The van der Waals surface area contributed by atoms with Gasteiger partial charge in [0, 0.05) is 19.5 Å². The number of likely N-dealkylation sites (tertiary alicyclic amines) is 1. The molecule has 1 aromatic rings. The molecule has 1 aromatic carbocycles. The van der Waals surface area contributed by atoms with Crippen LogP contribution >= 0.6 is 0 Å². The first-order chi connectivity index (χ1) is 19.6. The summed E-state index contributed by atoms with van der Waals surface area (Å²) >= 11 is 0. The van der Waals surface area contributed by atoms with Gasteiger partial charge in [0.2, 0.25) is 5.91 Å². The Hall–Kier alpha value is -1.43. The van der Waals surface area contributed by atoms with E-state index >= 15 is 0 Å². The molecule has 5 aliphatic rings. The third-order valence-electron chi connectivity index (χ3n) is 13.7. The topological polar surface area (TPSA) is 81.0 Å². The van der Waals surface area contributed by atoms with Crippen molar-refractivity contribution >= 4 is 5.91 Å². The number of carbonyl (C=O) groups is 1. The SMILES string of the molecule is C[C@H](CCC(=O)N1CCC(Cc2ccccc2)CC1)[C@H]1CC[C@H]2[C@@H]3[C@H](O)C[C@@H]4C[C@H](O)CC[C@]4(C)[C@H]3C[C@H](O)[C@]12C. The van der Waals surface area contributed by atoms with Crippen molar-refractivity contribution in [2.24, 2.45) is 52.3 Å². The number of hydrogen-bond donors (Lipinski definition) is 3. The Labute approximate surface area is 248 Å². The van der Waals surface area contributed by atoms with Gasteiger partial charge in [0.05, 0.1) is 18.3 Å². The zero-order valence-electron chi connectivity index (χ0n) is 25.8. The second-order valence-corrected chi connectivity index (χ2v) is 15.6. The van der Waals surface area contributed by atoms with Gasteiger partial charge in [0.15, 0.2) is 0 Å². The fraction of sp³-hybridized carbons (Fsp3) is 0.806. The van der Waals surface area contributed by atoms with E-state index in [1.165, 1.54) is 5.56 Å². The van der Waals surface area contributed by atoms with E-state index in [9.17, 15) is 20.1 Å². The van der Waals surface area contributed by atoms with Crippen molar-refractivity contribution in [3.63, 3.8) is 0 Å². The predicted octanol–water partition coefficient (Wildman–Crippen LogP) is 5.85. The van der Waals surface area contributed by atoms with Crippen LogP contribution in [0.3, 0.4) is 0 Å². The van der Waals surface area contributed by atoms with Gasteiger partial charge in [-0.05, 0) is 128 Å². The number of piperidine rings is 1. The Morgan fingerprint density at radius 3 is 2.41 bits per heavy atom. The molecule has 1 heterocycles. The third-order valence-corrected chi connectivity index (χ3v) is 13.7. The highest BCUT2D eigenvalue weighted by atomic mass is 16.3. The molecule has 1 aliphatic heterocycles. The summed E-state index contributed by atoms with van der Waals surface area (Å²) < 4.78 is 0. The summed E-state index contributed by atoms with van der Waals surface area (Å²) in [5.74, 6) is 3.00. The van der Waals surface area contributed by atoms with Crippen molar-refractivity contribution in [3.8, 4) is 0 Å². The van der Waals surface area contributed by atoms with Crippen molar-refractivity contribution < 1.29 is 20.1 Å². The summed E-state index contributed by atoms with van der Waals surface area (Å²) in [6.45, 7) is 8.79. The standard InChI is InChI=1S/C36H55NO4/c1-23(9-12-33(41)37-17-14-25(15-18-37)19-24-7-5-4-6-8-24)28-10-11-29-34-30(22-32(40)36(28,29)3)35(2)16-13-27(38)20-26(35)21-31(34)39/h4-8,23,25-32,34,38-40H,9-22H2,1-3H3/t23-,26+,27-,28-,29+,30+,31-,32+,34+,35+,36-/m1/s1. The molecule has 5 nitrogen and oxygen atoms in total. The molecule has 0 bridgehead atoms. The van der Waals surface area contributed by atoms with Crippen LogP contribution in [0.4, 0.5) is 0 Å². The minimum absolute atomic E-state index is 0.107. The number of fused-ring (bicyclic) bond motifs is 5. The maximum Gasteiger partial charge on any atom is 0.222 e. The van der Waals surface area contributed by atoms with E-state index < -0.39 is 0 Å². The van der Waals surface area contributed by atoms with Crippen LogP contribution in [0.15, 0.2) is 30.3 Å². The molecule has 6 rings (SSSR count). The number of aliphatic hydroxyl groups excluding tert-OH is 3. The normalized spacial score (nSPS) is 43.6. The lowest BCUT2D eigenvalue weighted by atomic mass is 9.43. The lowest BCUT2D eigenvalue weighted by Crippen LogP contribution is -2.62. The Kier molecular flexibility index (Phi) is 8.37. The average molecular weight is 566 g/mol. The van der Waals surface area contributed by atoms with E-state index in [2.05, 4.69) is 56.0 Å². The van der Waals surface area contributed by atoms with Gasteiger partial charge >= 0.3 is 0 Å². The summed E-state index contributed by atoms with van der Waals surface area (Å²) in [5.41, 5.74) is 1.31. The maximum atomic E-state index is 13.3. The van der Waals surface area contributed by atoms with Gasteiger partial charge < -0.3 is 20.2 Å². The molecule has 0 spiro atoms. The van der Waals surface area contributed by atoms with Crippen molar-refractivity contribution in [1.29, 1.82) is 0 Å². The van der Waals surface area contributed by atoms with Crippen LogP contribution in [-0.4, -0.2) is 57.5 Å². The highest BCUT2D eigenvalue weighted by molar-refractivity contribution is 5.76. The third kappa shape index (κ3) is 5.31. The largest absolute Gasteiger partial charge is 0.393 e. The van der Waals surface area contributed by atoms with Crippen LogP contribution in [0, 0.1) is 52.3 Å². The molecular formula is C36H55NO4. The zero-order valence-corrected chi connectivity index (χ0v) is 25.8. The minimum atomic E-state index is -0.363. The van der Waals surface area contributed by atoms with Gasteiger partial charge in [-0.3, -0.25) is 4.79 Å². The second-order valence-electron chi connectivity index (χ2n) is 15.6. The number of nitrogens with zero attached hydrogens (tertiary/aromatic N) is 1. The van der Waals surface area contributed by atoms with Crippen LogP contribution in [0.5, 0.6) is 0 Å². The van der Waals surface area contributed by atoms with Crippen LogP contribution < -0.4 is 0 Å². The summed E-state index contributed by atoms with van der Waals surface area (Å²) in [5, 5.41) is 33.7. The summed E-state index contributed by atoms with van der Waals surface area (Å²) in [7, 11) is 0. The number of rotatable bonds is 6. The molecule has 5 heteroatoms. The average Bonchev–Trinajstić information content (AvgIpc) is 3.32. The minimum Gasteiger partial charge on any atom is -0.393 e. The molecule has 1 saturated heterocycles. The van der Waals surface area contributed by atoms with Crippen molar-refractivity contribution in [2.75, 3.05) is 13.1 Å². The highest BCUT2D eigenvalue weighted by Crippen LogP contribution is 2.68. The molecule has 4 saturated carbocycles. The summed E-state index contributed by atoms with van der Waals surface area (Å²) in [4.78, 5) is 15.4. The number of amides is 1. The van der Waals surface area contributed by atoms with Crippen molar-refractivity contribution in [3.05, 3.63) is 35.9 Å². The molecule has 0 aromatic heterocycles. The Balaban J connectivity index is 1.05. The predicted molar refractivity (Wildman–Crippen MR) is 162 cm³/mol. The smallest absolute Gasteiger partial charge is 0.222 e. The van der Waals surface area contributed by atoms with Gasteiger partial charge in [-0.15, -0.1) is 0 Å². The van der Waals surface area contributed by atoms with E-state index in [1.807, 2.05) is 0 Å². The lowest BCUT2D eigenvalue weighted by molar-refractivity contribution is -0.207. The molecule has 5 fully saturated rings. The Morgan fingerprint density at radius 1 is 0.951 bits per heavy atom. The van der Waals surface area contributed by atoms with Gasteiger partial charge in [0.1, 0.15) is 0 Å². The monoisotopic (exact) mass is 565 g/mol. The maximum absolute atomic E-state index is 13.3. The number of benzene rings is 1. The van der Waals surface area contributed by atoms with Gasteiger partial charge in [-0.25, -0.2) is 0 Å². The van der Waals surface area contributed by atoms with E-state index in [1.54, 1.807) is 0 Å².